The number of aliphatic carboxylic acids is 1. The van der Waals surface area contributed by atoms with E-state index in [1.807, 2.05) is 38.1 Å². The first-order chi connectivity index (χ1) is 13.3. The second-order valence-corrected chi connectivity index (χ2v) is 7.52. The third kappa shape index (κ3) is 4.32. The molecular weight excluding hydrogens is 360 g/mol. The van der Waals surface area contributed by atoms with E-state index in [-0.39, 0.29) is 30.3 Å². The Balaban J connectivity index is 1.81. The monoisotopic (exact) mass is 386 g/mol. The van der Waals surface area contributed by atoms with Gasteiger partial charge in [0.2, 0.25) is 0 Å². The van der Waals surface area contributed by atoms with Gasteiger partial charge in [0.15, 0.2) is 5.69 Å². The van der Waals surface area contributed by atoms with Crippen molar-refractivity contribution in [2.45, 2.75) is 52.7 Å². The Bertz CT molecular complexity index is 856. The molecule has 1 aromatic carbocycles. The Kier molecular flexibility index (Phi) is 5.67. The molecule has 28 heavy (non-hydrogen) atoms. The summed E-state index contributed by atoms with van der Waals surface area (Å²) in [7, 11) is 0. The summed E-state index contributed by atoms with van der Waals surface area (Å²) in [6, 6.07) is 7.51. The van der Waals surface area contributed by atoms with Gasteiger partial charge in [0, 0.05) is 12.6 Å². The molecule has 1 aromatic heterocycles. The van der Waals surface area contributed by atoms with Gasteiger partial charge in [-0.05, 0) is 57.9 Å². The van der Waals surface area contributed by atoms with Crippen molar-refractivity contribution < 1.29 is 19.4 Å². The molecule has 8 nitrogen and oxygen atoms in total. The van der Waals surface area contributed by atoms with Crippen LogP contribution in [0.1, 0.15) is 49.8 Å². The lowest BCUT2D eigenvalue weighted by molar-refractivity contribution is -0.141. The molecule has 1 aliphatic rings. The number of carbonyl (C=O) groups excluding carboxylic acids is 1. The largest absolute Gasteiger partial charge is 0.491 e. The first kappa shape index (κ1) is 19.9. The molecule has 1 heterocycles. The second-order valence-electron chi connectivity index (χ2n) is 7.52. The predicted octanol–water partition coefficient (Wildman–Crippen LogP) is 2.69. The van der Waals surface area contributed by atoms with Crippen molar-refractivity contribution in [1.82, 2.24) is 19.9 Å². The van der Waals surface area contributed by atoms with E-state index < -0.39 is 11.9 Å². The van der Waals surface area contributed by atoms with Gasteiger partial charge in [-0.25, -0.2) is 4.68 Å². The number of carbonyl (C=O) groups is 2. The number of rotatable bonds is 8. The number of aromatic nitrogens is 3. The molecule has 0 radical (unpaired) electrons. The van der Waals surface area contributed by atoms with Crippen LogP contribution < -0.4 is 4.74 Å². The van der Waals surface area contributed by atoms with E-state index in [0.717, 1.165) is 24.3 Å². The van der Waals surface area contributed by atoms with Crippen molar-refractivity contribution in [3.05, 3.63) is 35.7 Å². The van der Waals surface area contributed by atoms with E-state index in [1.54, 1.807) is 23.4 Å². The molecule has 1 unspecified atom stereocenters. The van der Waals surface area contributed by atoms with Gasteiger partial charge in [-0.15, -0.1) is 5.10 Å². The van der Waals surface area contributed by atoms with Crippen LogP contribution in [0.5, 0.6) is 5.75 Å². The highest BCUT2D eigenvalue weighted by atomic mass is 16.5. The number of amides is 1. The minimum atomic E-state index is -0.914. The molecule has 1 saturated carbocycles. The van der Waals surface area contributed by atoms with E-state index in [2.05, 4.69) is 10.3 Å². The molecule has 1 amide bonds. The molecule has 1 atom stereocenters. The Morgan fingerprint density at radius 1 is 1.25 bits per heavy atom. The fraction of sp³-hybridized carbons (Fsp3) is 0.500. The SMILES string of the molecule is Cc1c(C(=O)N(CC(C)C(=O)O)C2CC2)nnn1-c1ccc(OC(C)C)cc1. The van der Waals surface area contributed by atoms with Crippen LogP contribution >= 0.6 is 0 Å². The number of hydrogen-bond acceptors (Lipinski definition) is 5. The third-order valence-electron chi connectivity index (χ3n) is 4.69. The van der Waals surface area contributed by atoms with Crippen molar-refractivity contribution in [3.8, 4) is 11.4 Å². The van der Waals surface area contributed by atoms with Crippen molar-refractivity contribution in [1.29, 1.82) is 0 Å². The zero-order chi connectivity index (χ0) is 20.4. The summed E-state index contributed by atoms with van der Waals surface area (Å²) >= 11 is 0. The van der Waals surface area contributed by atoms with Gasteiger partial charge >= 0.3 is 5.97 Å². The molecule has 0 spiro atoms. The van der Waals surface area contributed by atoms with E-state index in [4.69, 9.17) is 4.74 Å². The molecule has 1 fully saturated rings. The highest BCUT2D eigenvalue weighted by molar-refractivity contribution is 5.94. The van der Waals surface area contributed by atoms with Crippen LogP contribution in [0, 0.1) is 12.8 Å². The van der Waals surface area contributed by atoms with Gasteiger partial charge < -0.3 is 14.7 Å². The number of ether oxygens (including phenoxy) is 1. The van der Waals surface area contributed by atoms with E-state index in [1.165, 1.54) is 0 Å². The van der Waals surface area contributed by atoms with Crippen LogP contribution in [0.2, 0.25) is 0 Å². The fourth-order valence-electron chi connectivity index (χ4n) is 3.00. The first-order valence-electron chi connectivity index (χ1n) is 9.51. The van der Waals surface area contributed by atoms with Crippen LogP contribution in [0.4, 0.5) is 0 Å². The molecule has 3 rings (SSSR count). The van der Waals surface area contributed by atoms with Crippen LogP contribution in [0.25, 0.3) is 5.69 Å². The van der Waals surface area contributed by atoms with Crippen LogP contribution in [0.15, 0.2) is 24.3 Å². The van der Waals surface area contributed by atoms with Crippen molar-refractivity contribution in [2.24, 2.45) is 5.92 Å². The summed E-state index contributed by atoms with van der Waals surface area (Å²) in [6.45, 7) is 7.49. The Morgan fingerprint density at radius 3 is 2.43 bits per heavy atom. The van der Waals surface area contributed by atoms with Gasteiger partial charge in [0.05, 0.1) is 23.4 Å². The lowest BCUT2D eigenvalue weighted by Gasteiger charge is -2.23. The van der Waals surface area contributed by atoms with Gasteiger partial charge in [-0.2, -0.15) is 0 Å². The Morgan fingerprint density at radius 2 is 1.89 bits per heavy atom. The maximum Gasteiger partial charge on any atom is 0.308 e. The Hall–Kier alpha value is -2.90. The van der Waals surface area contributed by atoms with E-state index in [9.17, 15) is 14.7 Å². The second kappa shape index (κ2) is 8.00. The number of hydrogen-bond donors (Lipinski definition) is 1. The van der Waals surface area contributed by atoms with Gasteiger partial charge in [0.1, 0.15) is 5.75 Å². The number of carboxylic acid groups (broad SMARTS) is 1. The maximum atomic E-state index is 13.0. The van der Waals surface area contributed by atoms with E-state index >= 15 is 0 Å². The van der Waals surface area contributed by atoms with Crippen molar-refractivity contribution >= 4 is 11.9 Å². The van der Waals surface area contributed by atoms with Gasteiger partial charge in [0.25, 0.3) is 5.91 Å². The summed E-state index contributed by atoms with van der Waals surface area (Å²) in [6.07, 6.45) is 1.87. The summed E-state index contributed by atoms with van der Waals surface area (Å²) in [4.78, 5) is 25.9. The average molecular weight is 386 g/mol. The fourth-order valence-corrected chi connectivity index (χ4v) is 3.00. The molecule has 1 N–H and O–H groups in total. The molecular formula is C20H26N4O4. The predicted molar refractivity (Wildman–Crippen MR) is 103 cm³/mol. The molecule has 0 aliphatic heterocycles. The molecule has 0 bridgehead atoms. The third-order valence-corrected chi connectivity index (χ3v) is 4.69. The lowest BCUT2D eigenvalue weighted by atomic mass is 10.1. The number of nitrogens with zero attached hydrogens (tertiary/aromatic N) is 4. The van der Waals surface area contributed by atoms with Crippen molar-refractivity contribution in [2.75, 3.05) is 6.54 Å². The van der Waals surface area contributed by atoms with Crippen LogP contribution in [0.3, 0.4) is 0 Å². The lowest BCUT2D eigenvalue weighted by Crippen LogP contribution is -2.39. The summed E-state index contributed by atoms with van der Waals surface area (Å²) in [5.74, 6) is -1.05. The molecule has 8 heteroatoms. The normalized spacial score (nSPS) is 14.8. The highest BCUT2D eigenvalue weighted by Crippen LogP contribution is 2.29. The highest BCUT2D eigenvalue weighted by Gasteiger charge is 2.36. The van der Waals surface area contributed by atoms with E-state index in [0.29, 0.717) is 5.69 Å². The average Bonchev–Trinajstić information content (AvgIpc) is 3.41. The first-order valence-corrected chi connectivity index (χ1v) is 9.51. The standard InChI is InChI=1S/C20H26N4O4/c1-12(2)28-17-9-7-16(8-10-17)24-14(4)18(21-22-24)19(25)23(15-5-6-15)11-13(3)20(26)27/h7-10,12-13,15H,5-6,11H2,1-4H3,(H,26,27). The zero-order valence-corrected chi connectivity index (χ0v) is 16.6. The Labute approximate surface area is 164 Å². The van der Waals surface area contributed by atoms with Gasteiger partial charge in [-0.3, -0.25) is 9.59 Å². The maximum absolute atomic E-state index is 13.0. The topological polar surface area (TPSA) is 97.5 Å². The summed E-state index contributed by atoms with van der Waals surface area (Å²) in [5.41, 5.74) is 1.65. The number of benzene rings is 1. The minimum absolute atomic E-state index is 0.0878. The summed E-state index contributed by atoms with van der Waals surface area (Å²) < 4.78 is 7.25. The molecule has 1 aliphatic carbocycles. The number of carboxylic acids is 1. The van der Waals surface area contributed by atoms with Crippen molar-refractivity contribution in [3.63, 3.8) is 0 Å². The smallest absolute Gasteiger partial charge is 0.308 e. The molecule has 150 valence electrons. The zero-order valence-electron chi connectivity index (χ0n) is 16.6. The van der Waals surface area contributed by atoms with Crippen LogP contribution in [-0.2, 0) is 4.79 Å². The van der Waals surface area contributed by atoms with Crippen LogP contribution in [-0.4, -0.2) is 55.6 Å². The minimum Gasteiger partial charge on any atom is -0.491 e. The van der Waals surface area contributed by atoms with Gasteiger partial charge in [-0.1, -0.05) is 12.1 Å². The summed E-state index contributed by atoms with van der Waals surface area (Å²) in [5, 5.41) is 17.4. The molecule has 0 saturated heterocycles. The molecule has 2 aromatic rings. The quantitative estimate of drug-likeness (QED) is 0.749.